The minimum absolute atomic E-state index is 0.996. The van der Waals surface area contributed by atoms with E-state index in [0.717, 1.165) is 5.44 Å². The summed E-state index contributed by atoms with van der Waals surface area (Å²) in [6.45, 7) is 10.0. The van der Waals surface area contributed by atoms with Crippen LogP contribution in [0.2, 0.25) is 0 Å². The third-order valence-corrected chi connectivity index (χ3v) is 1.28. The summed E-state index contributed by atoms with van der Waals surface area (Å²) in [6.07, 6.45) is 1.85. The lowest BCUT2D eigenvalue weighted by molar-refractivity contribution is 1.32. The quantitative estimate of drug-likeness (QED) is 0.566. The molecule has 1 nitrogen and oxygen atoms in total. The first-order chi connectivity index (χ1) is 5.79. The molecule has 0 saturated carbocycles. The highest BCUT2D eigenvalue weighted by atomic mass is 31.0. The van der Waals surface area contributed by atoms with Crippen molar-refractivity contribution < 1.29 is 0 Å². The molecule has 0 aliphatic rings. The normalized spacial score (nSPS) is 7.17. The van der Waals surface area contributed by atoms with Crippen molar-refractivity contribution in [3.63, 3.8) is 0 Å². The molecule has 0 amide bonds. The maximum atomic E-state index is 4.04. The first-order valence-electron chi connectivity index (χ1n) is 4.47. The lowest BCUT2D eigenvalue weighted by Crippen LogP contribution is -1.94. The molecule has 0 fully saturated rings. The second kappa shape index (κ2) is 10.6. The largest absolute Gasteiger partial charge is 0.257 e. The van der Waals surface area contributed by atoms with Gasteiger partial charge in [-0.15, -0.1) is 0 Å². The summed E-state index contributed by atoms with van der Waals surface area (Å²) in [5, 5.41) is 0. The number of pyridine rings is 1. The zero-order valence-corrected chi connectivity index (χ0v) is 9.91. The van der Waals surface area contributed by atoms with Gasteiger partial charge in [0.1, 0.15) is 0 Å². The van der Waals surface area contributed by atoms with Crippen LogP contribution in [0.1, 0.15) is 33.3 Å². The van der Waals surface area contributed by atoms with Gasteiger partial charge in [0.15, 0.2) is 0 Å². The molecule has 12 heavy (non-hydrogen) atoms. The predicted octanol–water partition coefficient (Wildman–Crippen LogP) is 2.94. The monoisotopic (exact) mass is 185 g/mol. The van der Waals surface area contributed by atoms with Gasteiger partial charge >= 0.3 is 0 Å². The first-order valence-corrected chi connectivity index (χ1v) is 5.05. The molecule has 0 spiro atoms. The Labute approximate surface area is 78.8 Å². The third kappa shape index (κ3) is 7.68. The molecule has 1 atom stereocenters. The fraction of sp³-hybridized carbons (Fsp3) is 0.500. The standard InChI is InChI=1S/C6H8NP.2C2H6/c1-5-2-3-6(8)7-4-5;2*1-2/h2-4H,8H2,1H3;2*1-2H3. The number of rotatable bonds is 0. The maximum Gasteiger partial charge on any atom is 0.0569 e. The van der Waals surface area contributed by atoms with Crippen molar-refractivity contribution in [3.8, 4) is 0 Å². The summed E-state index contributed by atoms with van der Waals surface area (Å²) in [5.41, 5.74) is 2.20. The van der Waals surface area contributed by atoms with E-state index in [-0.39, 0.29) is 0 Å². The number of aryl methyl sites for hydroxylation is 1. The van der Waals surface area contributed by atoms with Crippen LogP contribution in [0.25, 0.3) is 0 Å². The van der Waals surface area contributed by atoms with Crippen molar-refractivity contribution in [2.75, 3.05) is 0 Å². The van der Waals surface area contributed by atoms with Crippen LogP contribution in [-0.4, -0.2) is 4.98 Å². The minimum Gasteiger partial charge on any atom is -0.257 e. The summed E-state index contributed by atoms with van der Waals surface area (Å²) in [7, 11) is 2.54. The molecule has 1 unspecified atom stereocenters. The average molecular weight is 185 g/mol. The Balaban J connectivity index is 0. The van der Waals surface area contributed by atoms with Gasteiger partial charge in [-0.2, -0.15) is 0 Å². The van der Waals surface area contributed by atoms with E-state index in [0.29, 0.717) is 0 Å². The summed E-state index contributed by atoms with van der Waals surface area (Å²) >= 11 is 0. The average Bonchev–Trinajstić information content (AvgIpc) is 2.17. The second-order valence-electron chi connectivity index (χ2n) is 1.76. The summed E-state index contributed by atoms with van der Waals surface area (Å²) in [6, 6.07) is 4.01. The van der Waals surface area contributed by atoms with Gasteiger partial charge < -0.3 is 0 Å². The molecule has 0 saturated heterocycles. The van der Waals surface area contributed by atoms with Crippen LogP contribution in [0.4, 0.5) is 0 Å². The zero-order chi connectivity index (χ0) is 9.98. The first kappa shape index (κ1) is 14.1. The van der Waals surface area contributed by atoms with Gasteiger partial charge in [0, 0.05) is 6.20 Å². The Morgan fingerprint density at radius 3 is 1.83 bits per heavy atom. The highest BCUT2D eigenvalue weighted by Crippen LogP contribution is 1.90. The van der Waals surface area contributed by atoms with E-state index in [9.17, 15) is 0 Å². The molecule has 1 rings (SSSR count). The number of aromatic nitrogens is 1. The van der Waals surface area contributed by atoms with Crippen LogP contribution in [0.15, 0.2) is 18.3 Å². The van der Waals surface area contributed by atoms with E-state index in [2.05, 4.69) is 14.2 Å². The van der Waals surface area contributed by atoms with E-state index in [1.807, 2.05) is 52.9 Å². The third-order valence-electron chi connectivity index (χ3n) is 0.934. The fourth-order valence-corrected chi connectivity index (χ4v) is 0.650. The maximum absolute atomic E-state index is 4.04. The molecule has 0 N–H and O–H groups in total. The van der Waals surface area contributed by atoms with Crippen molar-refractivity contribution in [2.45, 2.75) is 34.6 Å². The summed E-state index contributed by atoms with van der Waals surface area (Å²) < 4.78 is 0. The SMILES string of the molecule is CC.CC.Cc1ccc(P)nc1. The Morgan fingerprint density at radius 2 is 1.58 bits per heavy atom. The van der Waals surface area contributed by atoms with Gasteiger partial charge in [-0.1, -0.05) is 43.0 Å². The Hall–Kier alpha value is -0.420. The molecule has 0 bridgehead atoms. The molecule has 1 aromatic rings. The number of hydrogen-bond acceptors (Lipinski definition) is 1. The molecule has 70 valence electrons. The Bertz CT molecular complexity index is 149. The lowest BCUT2D eigenvalue weighted by Gasteiger charge is -1.89. The Morgan fingerprint density at radius 1 is 1.08 bits per heavy atom. The van der Waals surface area contributed by atoms with Gasteiger partial charge in [-0.25, -0.2) is 0 Å². The van der Waals surface area contributed by atoms with E-state index in [1.54, 1.807) is 0 Å². The van der Waals surface area contributed by atoms with Crippen LogP contribution >= 0.6 is 9.24 Å². The van der Waals surface area contributed by atoms with Crippen LogP contribution in [0.5, 0.6) is 0 Å². The molecule has 0 aromatic carbocycles. The van der Waals surface area contributed by atoms with Gasteiger partial charge in [-0.05, 0) is 18.6 Å². The molecule has 0 aliphatic heterocycles. The van der Waals surface area contributed by atoms with E-state index in [4.69, 9.17) is 0 Å². The van der Waals surface area contributed by atoms with Crippen molar-refractivity contribution in [2.24, 2.45) is 0 Å². The van der Waals surface area contributed by atoms with Crippen LogP contribution in [-0.2, 0) is 0 Å². The minimum atomic E-state index is 0.996. The van der Waals surface area contributed by atoms with Crippen LogP contribution < -0.4 is 5.44 Å². The molecule has 2 heteroatoms. The molecular formula is C10H20NP. The molecule has 0 radical (unpaired) electrons. The van der Waals surface area contributed by atoms with Crippen LogP contribution in [0.3, 0.4) is 0 Å². The smallest absolute Gasteiger partial charge is 0.0569 e. The van der Waals surface area contributed by atoms with E-state index >= 15 is 0 Å². The highest BCUT2D eigenvalue weighted by molar-refractivity contribution is 7.26. The van der Waals surface area contributed by atoms with Gasteiger partial charge in [0.25, 0.3) is 0 Å². The van der Waals surface area contributed by atoms with Gasteiger partial charge in [0.05, 0.1) is 5.44 Å². The molecule has 1 aromatic heterocycles. The van der Waals surface area contributed by atoms with Crippen molar-refractivity contribution >= 4 is 14.7 Å². The number of hydrogen-bond donors (Lipinski definition) is 0. The van der Waals surface area contributed by atoms with Crippen LogP contribution in [0, 0.1) is 6.92 Å². The van der Waals surface area contributed by atoms with Gasteiger partial charge in [0.2, 0.25) is 0 Å². The fourth-order valence-electron chi connectivity index (χ4n) is 0.479. The zero-order valence-electron chi connectivity index (χ0n) is 8.76. The molecule has 0 aliphatic carbocycles. The van der Waals surface area contributed by atoms with Crippen molar-refractivity contribution in [3.05, 3.63) is 23.9 Å². The van der Waals surface area contributed by atoms with Gasteiger partial charge in [-0.3, -0.25) is 4.98 Å². The second-order valence-corrected chi connectivity index (χ2v) is 2.35. The number of nitrogens with zero attached hydrogens (tertiary/aromatic N) is 1. The predicted molar refractivity (Wildman–Crippen MR) is 61.0 cm³/mol. The summed E-state index contributed by atoms with van der Waals surface area (Å²) in [5.74, 6) is 0. The van der Waals surface area contributed by atoms with E-state index in [1.165, 1.54) is 5.56 Å². The highest BCUT2D eigenvalue weighted by Gasteiger charge is 1.81. The topological polar surface area (TPSA) is 12.9 Å². The molecular weight excluding hydrogens is 165 g/mol. The lowest BCUT2D eigenvalue weighted by atomic mass is 10.3. The Kier molecular flexibility index (Phi) is 12.5. The van der Waals surface area contributed by atoms with E-state index < -0.39 is 0 Å². The summed E-state index contributed by atoms with van der Waals surface area (Å²) in [4.78, 5) is 4.04. The molecule has 1 heterocycles. The van der Waals surface area contributed by atoms with Crippen molar-refractivity contribution in [1.82, 2.24) is 4.98 Å². The van der Waals surface area contributed by atoms with Crippen molar-refractivity contribution in [1.29, 1.82) is 0 Å².